The molecule has 1 N–H and O–H groups in total. The van der Waals surface area contributed by atoms with Crippen LogP contribution in [-0.2, 0) is 9.53 Å². The highest BCUT2D eigenvalue weighted by molar-refractivity contribution is 6.30. The number of fused-ring (bicyclic) bond motifs is 1. The Morgan fingerprint density at radius 1 is 1.19 bits per heavy atom. The van der Waals surface area contributed by atoms with Crippen molar-refractivity contribution in [2.24, 2.45) is 0 Å². The molecule has 0 radical (unpaired) electrons. The van der Waals surface area contributed by atoms with Crippen molar-refractivity contribution in [1.82, 2.24) is 4.98 Å². The molecule has 0 aliphatic carbocycles. The molecule has 0 spiro atoms. The van der Waals surface area contributed by atoms with Crippen molar-refractivity contribution in [1.29, 1.82) is 0 Å². The molecule has 1 amide bonds. The summed E-state index contributed by atoms with van der Waals surface area (Å²) in [7, 11) is 0. The van der Waals surface area contributed by atoms with E-state index in [0.717, 1.165) is 22.5 Å². The van der Waals surface area contributed by atoms with Crippen LogP contribution in [-0.4, -0.2) is 23.5 Å². The second kappa shape index (κ2) is 7.72. The highest BCUT2D eigenvalue weighted by atomic mass is 35.5. The molecule has 7 heteroatoms. The van der Waals surface area contributed by atoms with Gasteiger partial charge in [0.15, 0.2) is 6.61 Å². The third kappa shape index (κ3) is 4.06. The first kappa shape index (κ1) is 18.8. The zero-order chi connectivity index (χ0) is 19.6. The first-order chi connectivity index (χ1) is 12.9. The number of nitrogens with one attached hydrogen (secondary N) is 1. The van der Waals surface area contributed by atoms with Gasteiger partial charge in [0, 0.05) is 10.4 Å². The molecule has 27 heavy (non-hydrogen) atoms. The number of pyridine rings is 1. The lowest BCUT2D eigenvalue weighted by molar-refractivity contribution is -0.119. The third-order valence-electron chi connectivity index (χ3n) is 4.08. The minimum absolute atomic E-state index is 0.0415. The van der Waals surface area contributed by atoms with Crippen molar-refractivity contribution >= 4 is 40.1 Å². The summed E-state index contributed by atoms with van der Waals surface area (Å²) in [6, 6.07) is 11.3. The Balaban J connectivity index is 1.72. The van der Waals surface area contributed by atoms with Gasteiger partial charge in [-0.05, 0) is 43.7 Å². The van der Waals surface area contributed by atoms with Gasteiger partial charge in [0.05, 0.1) is 22.5 Å². The van der Waals surface area contributed by atoms with Gasteiger partial charge in [-0.1, -0.05) is 29.8 Å². The number of benzene rings is 2. The summed E-state index contributed by atoms with van der Waals surface area (Å²) in [5, 5.41) is 3.39. The molecule has 0 bridgehead atoms. The van der Waals surface area contributed by atoms with Gasteiger partial charge in [-0.2, -0.15) is 0 Å². The molecular formula is C20H16ClFN2O3. The zero-order valence-corrected chi connectivity index (χ0v) is 15.4. The lowest BCUT2D eigenvalue weighted by Gasteiger charge is -2.12. The Morgan fingerprint density at radius 3 is 2.67 bits per heavy atom. The van der Waals surface area contributed by atoms with E-state index in [1.54, 1.807) is 13.8 Å². The average Bonchev–Trinajstić information content (AvgIpc) is 2.62. The predicted octanol–water partition coefficient (Wildman–Crippen LogP) is 4.44. The molecule has 0 aliphatic heterocycles. The Morgan fingerprint density at radius 2 is 1.93 bits per heavy atom. The number of ether oxygens (including phenoxy) is 1. The van der Waals surface area contributed by atoms with Crippen LogP contribution in [0.3, 0.4) is 0 Å². The van der Waals surface area contributed by atoms with E-state index >= 15 is 0 Å². The van der Waals surface area contributed by atoms with Crippen LogP contribution in [0.15, 0.2) is 42.5 Å². The highest BCUT2D eigenvalue weighted by Crippen LogP contribution is 2.23. The molecule has 138 valence electrons. The van der Waals surface area contributed by atoms with Crippen LogP contribution in [0, 0.1) is 19.7 Å². The number of anilines is 1. The number of nitrogens with zero attached hydrogens (tertiary/aromatic N) is 1. The van der Waals surface area contributed by atoms with Crippen molar-refractivity contribution < 1.29 is 18.7 Å². The third-order valence-corrected chi connectivity index (χ3v) is 4.31. The van der Waals surface area contributed by atoms with Crippen molar-refractivity contribution in [3.8, 4) is 0 Å². The Bertz CT molecular complexity index is 1050. The van der Waals surface area contributed by atoms with Crippen LogP contribution >= 0.6 is 11.6 Å². The lowest BCUT2D eigenvalue weighted by Crippen LogP contribution is -2.22. The molecule has 0 aliphatic rings. The predicted molar refractivity (Wildman–Crippen MR) is 102 cm³/mol. The summed E-state index contributed by atoms with van der Waals surface area (Å²) in [5.74, 6) is -1.99. The Hall–Kier alpha value is -2.99. The molecule has 0 saturated carbocycles. The van der Waals surface area contributed by atoms with Crippen molar-refractivity contribution in [2.45, 2.75) is 13.8 Å². The zero-order valence-electron chi connectivity index (χ0n) is 14.7. The van der Waals surface area contributed by atoms with Crippen LogP contribution in [0.2, 0.25) is 5.02 Å². The van der Waals surface area contributed by atoms with Crippen LogP contribution < -0.4 is 5.32 Å². The summed E-state index contributed by atoms with van der Waals surface area (Å²) in [5.41, 5.74) is 2.30. The maximum absolute atomic E-state index is 13.7. The summed E-state index contributed by atoms with van der Waals surface area (Å²) in [6.45, 7) is 2.96. The number of amides is 1. The van der Waals surface area contributed by atoms with E-state index < -0.39 is 24.3 Å². The fourth-order valence-corrected chi connectivity index (χ4v) is 2.97. The molecule has 0 atom stereocenters. The number of rotatable bonds is 4. The molecular weight excluding hydrogens is 371 g/mol. The van der Waals surface area contributed by atoms with E-state index in [1.165, 1.54) is 12.1 Å². The first-order valence-corrected chi connectivity index (χ1v) is 8.52. The van der Waals surface area contributed by atoms with Gasteiger partial charge in [-0.3, -0.25) is 9.78 Å². The number of aromatic nitrogens is 1. The number of carbonyl (C=O) groups is 2. The maximum atomic E-state index is 13.7. The largest absolute Gasteiger partial charge is 0.452 e. The summed E-state index contributed by atoms with van der Waals surface area (Å²) in [6.07, 6.45) is 0. The maximum Gasteiger partial charge on any atom is 0.340 e. The Kier molecular flexibility index (Phi) is 5.37. The fraction of sp³-hybridized carbons (Fsp3) is 0.150. The molecule has 5 nitrogen and oxygen atoms in total. The molecule has 0 fully saturated rings. The molecule has 2 aromatic carbocycles. The molecule has 1 aromatic heterocycles. The first-order valence-electron chi connectivity index (χ1n) is 8.15. The van der Waals surface area contributed by atoms with Crippen LogP contribution in [0.5, 0.6) is 0 Å². The second-order valence-corrected chi connectivity index (χ2v) is 6.40. The molecule has 3 aromatic rings. The van der Waals surface area contributed by atoms with E-state index in [9.17, 15) is 14.0 Å². The number of hydrogen-bond donors (Lipinski definition) is 1. The number of para-hydroxylation sites is 1. The van der Waals surface area contributed by atoms with Crippen LogP contribution in [0.25, 0.3) is 10.9 Å². The average molecular weight is 387 g/mol. The van der Waals surface area contributed by atoms with Crippen molar-refractivity contribution in [3.05, 3.63) is 70.1 Å². The lowest BCUT2D eigenvalue weighted by atomic mass is 10.0. The van der Waals surface area contributed by atoms with E-state index in [-0.39, 0.29) is 10.7 Å². The van der Waals surface area contributed by atoms with Gasteiger partial charge in [0.1, 0.15) is 5.82 Å². The van der Waals surface area contributed by atoms with Gasteiger partial charge in [0.2, 0.25) is 0 Å². The van der Waals surface area contributed by atoms with Crippen molar-refractivity contribution in [2.75, 3.05) is 11.9 Å². The van der Waals surface area contributed by atoms with E-state index in [4.69, 9.17) is 16.3 Å². The number of hydrogen-bond acceptors (Lipinski definition) is 4. The molecule has 1 heterocycles. The fourth-order valence-electron chi connectivity index (χ4n) is 2.81. The van der Waals surface area contributed by atoms with Gasteiger partial charge in [-0.15, -0.1) is 0 Å². The normalized spacial score (nSPS) is 10.7. The smallest absolute Gasteiger partial charge is 0.340 e. The summed E-state index contributed by atoms with van der Waals surface area (Å²) < 4.78 is 18.8. The van der Waals surface area contributed by atoms with Gasteiger partial charge in [0.25, 0.3) is 5.91 Å². The molecule has 3 rings (SSSR count). The standard InChI is InChI=1S/C20H16ClFN2O3/c1-11-14-5-3-4-6-16(14)23-12(2)19(11)20(26)27-10-18(25)24-17-8-7-13(21)9-15(17)22/h3-9H,10H2,1-2H3,(H,24,25). The van der Waals surface area contributed by atoms with Crippen LogP contribution in [0.4, 0.5) is 10.1 Å². The molecule has 0 saturated heterocycles. The Labute approximate surface area is 160 Å². The van der Waals surface area contributed by atoms with Crippen LogP contribution in [0.1, 0.15) is 21.6 Å². The van der Waals surface area contributed by atoms with E-state index in [1.807, 2.05) is 24.3 Å². The SMILES string of the molecule is Cc1nc2ccccc2c(C)c1C(=O)OCC(=O)Nc1ccc(Cl)cc1F. The van der Waals surface area contributed by atoms with Gasteiger partial charge >= 0.3 is 5.97 Å². The number of esters is 1. The minimum atomic E-state index is -0.674. The monoisotopic (exact) mass is 386 g/mol. The minimum Gasteiger partial charge on any atom is -0.452 e. The summed E-state index contributed by atoms with van der Waals surface area (Å²) >= 11 is 5.67. The summed E-state index contributed by atoms with van der Waals surface area (Å²) in [4.78, 5) is 28.8. The van der Waals surface area contributed by atoms with Crippen molar-refractivity contribution in [3.63, 3.8) is 0 Å². The molecule has 0 unspecified atom stereocenters. The van der Waals surface area contributed by atoms with E-state index in [2.05, 4.69) is 10.3 Å². The number of aryl methyl sites for hydroxylation is 2. The number of carbonyl (C=O) groups excluding carboxylic acids is 2. The highest BCUT2D eigenvalue weighted by Gasteiger charge is 2.19. The second-order valence-electron chi connectivity index (χ2n) is 5.96. The van der Waals surface area contributed by atoms with Gasteiger partial charge < -0.3 is 10.1 Å². The van der Waals surface area contributed by atoms with Gasteiger partial charge in [-0.25, -0.2) is 9.18 Å². The van der Waals surface area contributed by atoms with E-state index in [0.29, 0.717) is 11.3 Å². The topological polar surface area (TPSA) is 68.3 Å². The number of halogens is 2. The quantitative estimate of drug-likeness (QED) is 0.673.